The van der Waals surface area contributed by atoms with Crippen molar-refractivity contribution in [2.75, 3.05) is 6.54 Å². The van der Waals surface area contributed by atoms with Gasteiger partial charge in [-0.3, -0.25) is 15.5 Å². The zero-order valence-electron chi connectivity index (χ0n) is 11.6. The van der Waals surface area contributed by atoms with E-state index in [1.165, 1.54) is 0 Å². The average molecular weight is 306 g/mol. The third-order valence-electron chi connectivity index (χ3n) is 2.03. The maximum Gasteiger partial charge on any atom is 0.346 e. The molecule has 0 amide bonds. The van der Waals surface area contributed by atoms with Gasteiger partial charge in [0.1, 0.15) is 6.04 Å². The molecule has 0 heterocycles. The van der Waals surface area contributed by atoms with Crippen molar-refractivity contribution in [3.8, 4) is 0 Å². The third kappa shape index (κ3) is 9.92. The molecule has 0 aliphatic heterocycles. The Morgan fingerprint density at radius 3 is 1.81 bits per heavy atom. The van der Waals surface area contributed by atoms with E-state index in [0.717, 1.165) is 0 Å². The van der Waals surface area contributed by atoms with E-state index >= 15 is 0 Å². The van der Waals surface area contributed by atoms with Gasteiger partial charge in [-0.25, -0.2) is 9.79 Å². The van der Waals surface area contributed by atoms with Crippen LogP contribution in [0.3, 0.4) is 0 Å². The Labute approximate surface area is 120 Å². The molecule has 0 saturated carbocycles. The van der Waals surface area contributed by atoms with Gasteiger partial charge in [0.05, 0.1) is 6.54 Å². The lowest BCUT2D eigenvalue weighted by Gasteiger charge is -2.17. The number of nitrogens with zero attached hydrogens (tertiary/aromatic N) is 2. The maximum atomic E-state index is 10.4. The lowest BCUT2D eigenvalue weighted by Crippen LogP contribution is -2.48. The molecule has 0 aromatic rings. The van der Waals surface area contributed by atoms with Crippen molar-refractivity contribution in [2.24, 2.45) is 44.4 Å². The van der Waals surface area contributed by atoms with Crippen LogP contribution in [0.5, 0.6) is 0 Å². The van der Waals surface area contributed by atoms with Crippen LogP contribution in [0.25, 0.3) is 0 Å². The topological polar surface area (TPSA) is 255 Å². The number of carbonyl (C=O) groups is 2. The predicted octanol–water partition coefficient (Wildman–Crippen LogP) is -3.92. The van der Waals surface area contributed by atoms with E-state index in [0.29, 0.717) is 0 Å². The van der Waals surface area contributed by atoms with Gasteiger partial charge in [-0.2, -0.15) is 0 Å². The molecule has 0 spiro atoms. The predicted molar refractivity (Wildman–Crippen MR) is 76.9 cm³/mol. The smallest absolute Gasteiger partial charge is 0.346 e. The molecule has 21 heavy (non-hydrogen) atoms. The number of rotatable bonds is 6. The molecule has 12 nitrogen and oxygen atoms in total. The van der Waals surface area contributed by atoms with Crippen LogP contribution in [0.15, 0.2) is 9.98 Å². The molecule has 0 aliphatic carbocycles. The zero-order valence-corrected chi connectivity index (χ0v) is 11.6. The summed E-state index contributed by atoms with van der Waals surface area (Å²) in [6.45, 7) is 1.50. The van der Waals surface area contributed by atoms with Gasteiger partial charge in [-0.05, 0) is 6.42 Å². The van der Waals surface area contributed by atoms with Crippen LogP contribution < -0.4 is 34.4 Å². The Morgan fingerprint density at radius 1 is 1.14 bits per heavy atom. The van der Waals surface area contributed by atoms with Gasteiger partial charge in [0.2, 0.25) is 5.66 Å². The van der Waals surface area contributed by atoms with E-state index in [4.69, 9.17) is 44.6 Å². The number of carboxylic acids is 2. The number of guanidine groups is 2. The van der Waals surface area contributed by atoms with E-state index in [-0.39, 0.29) is 24.9 Å². The van der Waals surface area contributed by atoms with Crippen molar-refractivity contribution in [1.82, 2.24) is 0 Å². The molecule has 0 bridgehead atoms. The molecule has 2 unspecified atom stereocenters. The summed E-state index contributed by atoms with van der Waals surface area (Å²) in [4.78, 5) is 27.3. The SMILES string of the molecule is CCC(N)(N=C(N)N)C(=O)O.NC(N)=NCC(N)C(=O)O. The van der Waals surface area contributed by atoms with Gasteiger partial charge in [0, 0.05) is 0 Å². The van der Waals surface area contributed by atoms with Crippen LogP contribution in [-0.4, -0.2) is 52.3 Å². The highest BCUT2D eigenvalue weighted by molar-refractivity contribution is 5.84. The number of nitrogens with two attached hydrogens (primary N) is 6. The first-order valence-corrected chi connectivity index (χ1v) is 5.63. The summed E-state index contributed by atoms with van der Waals surface area (Å²) in [5.41, 5.74) is 28.5. The minimum atomic E-state index is -1.68. The van der Waals surface area contributed by atoms with Gasteiger partial charge >= 0.3 is 11.9 Å². The fourth-order valence-electron chi connectivity index (χ4n) is 0.790. The maximum absolute atomic E-state index is 10.4. The number of hydrogen-bond acceptors (Lipinski definition) is 6. The molecule has 0 fully saturated rings. The summed E-state index contributed by atoms with van der Waals surface area (Å²) in [7, 11) is 0. The summed E-state index contributed by atoms with van der Waals surface area (Å²) in [5, 5.41) is 16.8. The summed E-state index contributed by atoms with van der Waals surface area (Å²) in [6, 6.07) is -1.03. The largest absolute Gasteiger partial charge is 0.480 e. The first-order valence-electron chi connectivity index (χ1n) is 5.63. The molecule has 122 valence electrons. The lowest BCUT2D eigenvalue weighted by atomic mass is 10.1. The van der Waals surface area contributed by atoms with Gasteiger partial charge in [0.15, 0.2) is 11.9 Å². The molecular formula is C9H22N8O4. The standard InChI is InChI=1S/C5H12N4O2.C4H10N4O2/c1-2-5(8,3(10)11)9-4(6)7;5-2(3(9)10)1-8-4(6)7/h2,8H2,1H3,(H,10,11)(H4,6,7,9);2H,1,5H2,(H,9,10)(H4,6,7,8). The van der Waals surface area contributed by atoms with Crippen molar-refractivity contribution in [3.05, 3.63) is 0 Å². The van der Waals surface area contributed by atoms with Crippen LogP contribution in [0.1, 0.15) is 13.3 Å². The number of aliphatic imine (C=N–C) groups is 2. The fourth-order valence-corrected chi connectivity index (χ4v) is 0.790. The minimum absolute atomic E-state index is 0.0856. The van der Waals surface area contributed by atoms with E-state index in [2.05, 4.69) is 9.98 Å². The van der Waals surface area contributed by atoms with Crippen molar-refractivity contribution < 1.29 is 19.8 Å². The summed E-state index contributed by atoms with van der Waals surface area (Å²) in [5.74, 6) is -2.84. The molecule has 0 rings (SSSR count). The highest BCUT2D eigenvalue weighted by Crippen LogP contribution is 2.07. The van der Waals surface area contributed by atoms with Gasteiger partial charge in [0.25, 0.3) is 0 Å². The number of hydrogen-bond donors (Lipinski definition) is 8. The van der Waals surface area contributed by atoms with Crippen LogP contribution in [-0.2, 0) is 9.59 Å². The first kappa shape index (κ1) is 20.7. The average Bonchev–Trinajstić information content (AvgIpc) is 2.35. The Bertz CT molecular complexity index is 416. The first-order chi connectivity index (χ1) is 9.46. The Hall–Kier alpha value is -2.60. The monoisotopic (exact) mass is 306 g/mol. The molecule has 2 atom stereocenters. The molecule has 0 saturated heterocycles. The van der Waals surface area contributed by atoms with Crippen molar-refractivity contribution in [1.29, 1.82) is 0 Å². The quantitative estimate of drug-likeness (QED) is 0.174. The molecule has 12 heteroatoms. The van der Waals surface area contributed by atoms with Crippen molar-refractivity contribution in [2.45, 2.75) is 25.0 Å². The van der Waals surface area contributed by atoms with Crippen LogP contribution in [0.4, 0.5) is 0 Å². The lowest BCUT2D eigenvalue weighted by molar-refractivity contribution is -0.143. The zero-order chi connectivity index (χ0) is 17.2. The second-order valence-corrected chi connectivity index (χ2v) is 3.83. The molecule has 0 aromatic carbocycles. The summed E-state index contributed by atoms with van der Waals surface area (Å²) >= 11 is 0. The minimum Gasteiger partial charge on any atom is -0.480 e. The van der Waals surface area contributed by atoms with E-state index in [1.54, 1.807) is 6.92 Å². The fraction of sp³-hybridized carbons (Fsp3) is 0.556. The molecule has 0 aromatic heterocycles. The Kier molecular flexibility index (Phi) is 9.20. The van der Waals surface area contributed by atoms with Crippen LogP contribution in [0.2, 0.25) is 0 Å². The number of carboxylic acid groups (broad SMARTS) is 2. The van der Waals surface area contributed by atoms with E-state index in [1.807, 2.05) is 0 Å². The highest BCUT2D eigenvalue weighted by Gasteiger charge is 2.31. The van der Waals surface area contributed by atoms with Gasteiger partial charge in [-0.15, -0.1) is 0 Å². The van der Waals surface area contributed by atoms with Crippen LogP contribution >= 0.6 is 0 Å². The van der Waals surface area contributed by atoms with Gasteiger partial charge in [-0.1, -0.05) is 6.92 Å². The summed E-state index contributed by atoms with van der Waals surface area (Å²) in [6.07, 6.45) is 0.139. The van der Waals surface area contributed by atoms with Crippen molar-refractivity contribution in [3.63, 3.8) is 0 Å². The third-order valence-corrected chi connectivity index (χ3v) is 2.03. The molecule has 14 N–H and O–H groups in total. The van der Waals surface area contributed by atoms with Crippen molar-refractivity contribution >= 4 is 23.9 Å². The molecule has 0 aliphatic rings. The van der Waals surface area contributed by atoms with Gasteiger partial charge < -0.3 is 38.9 Å². The highest BCUT2D eigenvalue weighted by atomic mass is 16.4. The van der Waals surface area contributed by atoms with Crippen LogP contribution in [0, 0.1) is 0 Å². The summed E-state index contributed by atoms with van der Waals surface area (Å²) < 4.78 is 0. The number of aliphatic carboxylic acids is 2. The van der Waals surface area contributed by atoms with E-state index < -0.39 is 23.6 Å². The molecule has 0 radical (unpaired) electrons. The molecular weight excluding hydrogens is 284 g/mol. The van der Waals surface area contributed by atoms with E-state index in [9.17, 15) is 9.59 Å². The normalized spacial score (nSPS) is 13.7. The second-order valence-electron chi connectivity index (χ2n) is 3.83. The Morgan fingerprint density at radius 2 is 1.62 bits per heavy atom. The Balaban J connectivity index is 0. The second kappa shape index (κ2) is 9.33.